The number of hydrogen-bond donors (Lipinski definition) is 1. The molecular formula is C14H21NO4S. The van der Waals surface area contributed by atoms with Gasteiger partial charge in [-0.2, -0.15) is 0 Å². The van der Waals surface area contributed by atoms with Crippen LogP contribution in [-0.4, -0.2) is 40.1 Å². The number of nitrogens with one attached hydrogen (secondary N) is 1. The topological polar surface area (TPSA) is 72.5 Å². The number of methoxy groups -OCH3 is 1. The predicted molar refractivity (Wildman–Crippen MR) is 78.4 cm³/mol. The third kappa shape index (κ3) is 4.94. The van der Waals surface area contributed by atoms with E-state index in [9.17, 15) is 13.2 Å². The van der Waals surface area contributed by atoms with Crippen molar-refractivity contribution in [3.05, 3.63) is 34.9 Å². The van der Waals surface area contributed by atoms with E-state index in [1.54, 1.807) is 7.05 Å². The van der Waals surface area contributed by atoms with Gasteiger partial charge in [-0.3, -0.25) is 4.79 Å². The molecule has 0 saturated carbocycles. The van der Waals surface area contributed by atoms with Gasteiger partial charge in [0.1, 0.15) is 5.75 Å². The molecule has 1 aromatic carbocycles. The van der Waals surface area contributed by atoms with E-state index in [1.807, 2.05) is 32.0 Å². The molecular weight excluding hydrogens is 278 g/mol. The zero-order valence-electron chi connectivity index (χ0n) is 12.3. The Kier molecular flexibility index (Phi) is 5.71. The Hall–Kier alpha value is -1.40. The first kappa shape index (κ1) is 16.7. The van der Waals surface area contributed by atoms with Gasteiger partial charge < -0.3 is 10.1 Å². The summed E-state index contributed by atoms with van der Waals surface area (Å²) in [5.74, 6) is -1.46. The minimum absolute atomic E-state index is 0.137. The maximum atomic E-state index is 12.0. The highest BCUT2D eigenvalue weighted by Crippen LogP contribution is 2.18. The van der Waals surface area contributed by atoms with Crippen LogP contribution in [-0.2, 0) is 19.4 Å². The van der Waals surface area contributed by atoms with E-state index in [1.165, 1.54) is 7.11 Å². The van der Waals surface area contributed by atoms with Gasteiger partial charge >= 0.3 is 5.97 Å². The molecule has 1 atom stereocenters. The number of hydrogen-bond acceptors (Lipinski definition) is 5. The molecule has 0 bridgehead atoms. The van der Waals surface area contributed by atoms with Gasteiger partial charge in [-0.05, 0) is 26.5 Å². The van der Waals surface area contributed by atoms with Crippen molar-refractivity contribution in [2.45, 2.75) is 19.9 Å². The number of carbonyl (C=O) groups is 1. The molecule has 20 heavy (non-hydrogen) atoms. The number of carbonyl (C=O) groups excluding carboxylic acids is 1. The van der Waals surface area contributed by atoms with Crippen LogP contribution in [0.3, 0.4) is 0 Å². The van der Waals surface area contributed by atoms with Crippen molar-refractivity contribution in [3.8, 4) is 0 Å². The number of sulfone groups is 1. The van der Waals surface area contributed by atoms with Crippen molar-refractivity contribution < 1.29 is 17.9 Å². The van der Waals surface area contributed by atoms with Crippen LogP contribution in [0.4, 0.5) is 0 Å². The molecule has 6 heteroatoms. The Balaban J connectivity index is 2.94. The molecule has 1 unspecified atom stereocenters. The van der Waals surface area contributed by atoms with Crippen LogP contribution in [0.5, 0.6) is 0 Å². The summed E-state index contributed by atoms with van der Waals surface area (Å²) < 4.78 is 28.3. The van der Waals surface area contributed by atoms with Crippen molar-refractivity contribution in [1.29, 1.82) is 0 Å². The van der Waals surface area contributed by atoms with E-state index in [0.29, 0.717) is 0 Å². The van der Waals surface area contributed by atoms with Gasteiger partial charge in [0.15, 0.2) is 9.84 Å². The fourth-order valence-corrected chi connectivity index (χ4v) is 3.57. The quantitative estimate of drug-likeness (QED) is 0.798. The largest absolute Gasteiger partial charge is 0.468 e. The molecule has 0 heterocycles. The van der Waals surface area contributed by atoms with E-state index in [0.717, 1.165) is 16.7 Å². The van der Waals surface area contributed by atoms with Crippen molar-refractivity contribution in [2.24, 2.45) is 0 Å². The van der Waals surface area contributed by atoms with E-state index < -0.39 is 21.6 Å². The van der Waals surface area contributed by atoms with Gasteiger partial charge in [-0.1, -0.05) is 29.3 Å². The van der Waals surface area contributed by atoms with E-state index >= 15 is 0 Å². The molecule has 0 aromatic heterocycles. The van der Waals surface area contributed by atoms with Crippen LogP contribution >= 0.6 is 0 Å². The van der Waals surface area contributed by atoms with Crippen molar-refractivity contribution in [1.82, 2.24) is 5.32 Å². The lowest BCUT2D eigenvalue weighted by Gasteiger charge is -2.17. The summed E-state index contributed by atoms with van der Waals surface area (Å²) in [6.45, 7) is 3.93. The van der Waals surface area contributed by atoms with Crippen molar-refractivity contribution in [3.63, 3.8) is 0 Å². The first-order valence-electron chi connectivity index (χ1n) is 6.30. The van der Waals surface area contributed by atoms with Gasteiger partial charge in [-0.25, -0.2) is 8.42 Å². The lowest BCUT2D eigenvalue weighted by molar-refractivity contribution is -0.137. The molecule has 0 aliphatic carbocycles. The molecule has 0 aliphatic heterocycles. The van der Waals surface area contributed by atoms with E-state index in [2.05, 4.69) is 10.1 Å². The first-order valence-corrected chi connectivity index (χ1v) is 8.12. The maximum absolute atomic E-state index is 12.0. The predicted octanol–water partition coefficient (Wildman–Crippen LogP) is 1.15. The van der Waals surface area contributed by atoms with E-state index in [4.69, 9.17) is 0 Å². The Morgan fingerprint density at radius 1 is 1.25 bits per heavy atom. The average molecular weight is 299 g/mol. The van der Waals surface area contributed by atoms with Crippen LogP contribution in [0.1, 0.15) is 22.7 Å². The summed E-state index contributed by atoms with van der Waals surface area (Å²) in [6, 6.07) is 5.58. The second-order valence-electron chi connectivity index (χ2n) is 4.89. The maximum Gasteiger partial charge on any atom is 0.320 e. The lowest BCUT2D eigenvalue weighted by Crippen LogP contribution is -2.29. The van der Waals surface area contributed by atoms with Crippen molar-refractivity contribution in [2.75, 3.05) is 25.7 Å². The summed E-state index contributed by atoms with van der Waals surface area (Å²) in [6.07, 6.45) is 0. The summed E-state index contributed by atoms with van der Waals surface area (Å²) in [7, 11) is -0.633. The van der Waals surface area contributed by atoms with Gasteiger partial charge in [0.2, 0.25) is 0 Å². The standard InChI is InChI=1S/C14H21NO4S/c1-10-5-11(2)7-12(6-10)13(15-3)8-20(17,18)9-14(16)19-4/h5-7,13,15H,8-9H2,1-4H3. The molecule has 1 rings (SSSR count). The highest BCUT2D eigenvalue weighted by Gasteiger charge is 2.23. The molecule has 112 valence electrons. The second-order valence-corrected chi connectivity index (χ2v) is 7.00. The molecule has 0 saturated heterocycles. The number of esters is 1. The SMILES string of the molecule is CNC(CS(=O)(=O)CC(=O)OC)c1cc(C)cc(C)c1. The van der Waals surface area contributed by atoms with Crippen LogP contribution in [0.2, 0.25) is 0 Å². The van der Waals surface area contributed by atoms with Crippen molar-refractivity contribution >= 4 is 15.8 Å². The fourth-order valence-electron chi connectivity index (χ4n) is 2.11. The summed E-state index contributed by atoms with van der Waals surface area (Å²) in [4.78, 5) is 11.1. The Bertz CT molecular complexity index is 561. The molecule has 0 radical (unpaired) electrons. The molecule has 1 N–H and O–H groups in total. The van der Waals surface area contributed by atoms with Crippen LogP contribution < -0.4 is 5.32 Å². The number of rotatable bonds is 6. The molecule has 0 amide bonds. The average Bonchev–Trinajstić information content (AvgIpc) is 2.34. The zero-order valence-corrected chi connectivity index (χ0v) is 13.1. The fraction of sp³-hybridized carbons (Fsp3) is 0.500. The van der Waals surface area contributed by atoms with E-state index in [-0.39, 0.29) is 11.8 Å². The molecule has 0 fully saturated rings. The van der Waals surface area contributed by atoms with Crippen LogP contribution in [0.15, 0.2) is 18.2 Å². The monoisotopic (exact) mass is 299 g/mol. The Labute approximate surface area is 120 Å². The Morgan fingerprint density at radius 3 is 2.25 bits per heavy atom. The highest BCUT2D eigenvalue weighted by molar-refractivity contribution is 7.92. The summed E-state index contributed by atoms with van der Waals surface area (Å²) >= 11 is 0. The smallest absolute Gasteiger partial charge is 0.320 e. The summed E-state index contributed by atoms with van der Waals surface area (Å²) in [5, 5.41) is 2.99. The van der Waals surface area contributed by atoms with Gasteiger partial charge in [-0.15, -0.1) is 0 Å². The minimum atomic E-state index is -3.52. The highest BCUT2D eigenvalue weighted by atomic mass is 32.2. The van der Waals surface area contributed by atoms with Gasteiger partial charge in [0, 0.05) is 6.04 Å². The van der Waals surface area contributed by atoms with Gasteiger partial charge in [0.05, 0.1) is 12.9 Å². The Morgan fingerprint density at radius 2 is 1.80 bits per heavy atom. The number of aryl methyl sites for hydroxylation is 2. The third-order valence-electron chi connectivity index (χ3n) is 2.98. The number of ether oxygens (including phenoxy) is 1. The second kappa shape index (κ2) is 6.85. The minimum Gasteiger partial charge on any atom is -0.468 e. The molecule has 1 aromatic rings. The molecule has 5 nitrogen and oxygen atoms in total. The normalized spacial score (nSPS) is 13.0. The lowest BCUT2D eigenvalue weighted by atomic mass is 10.0. The first-order chi connectivity index (χ1) is 9.27. The van der Waals surface area contributed by atoms with Crippen LogP contribution in [0.25, 0.3) is 0 Å². The van der Waals surface area contributed by atoms with Crippen LogP contribution in [0, 0.1) is 13.8 Å². The summed E-state index contributed by atoms with van der Waals surface area (Å²) in [5.41, 5.74) is 3.05. The molecule has 0 spiro atoms. The van der Waals surface area contributed by atoms with Gasteiger partial charge in [0.25, 0.3) is 0 Å². The molecule has 0 aliphatic rings. The third-order valence-corrected chi connectivity index (χ3v) is 4.50. The number of benzene rings is 1. The zero-order chi connectivity index (χ0) is 15.3.